The summed E-state index contributed by atoms with van der Waals surface area (Å²) in [6.45, 7) is 6.62. The van der Waals surface area contributed by atoms with E-state index in [0.29, 0.717) is 0 Å². The predicted octanol–water partition coefficient (Wildman–Crippen LogP) is 2.15. The molecule has 0 bridgehead atoms. The van der Waals surface area contributed by atoms with E-state index < -0.39 is 0 Å². The standard InChI is InChI=1S/C12H17N3O2.2ClH/c1-10-11(3-2-4-12(10)15(16)17)9-14-7-5-13-6-8-14;;/h2-4,13H,5-9H2,1H3;2*1H. The summed E-state index contributed by atoms with van der Waals surface area (Å²) in [5.74, 6) is 0. The van der Waals surface area contributed by atoms with Crippen molar-refractivity contribution < 1.29 is 4.92 Å². The SMILES string of the molecule is Cc1c(CN2CCNCC2)cccc1[N+](=O)[O-].Cl.Cl. The van der Waals surface area contributed by atoms with Crippen LogP contribution in [0.5, 0.6) is 0 Å². The van der Waals surface area contributed by atoms with Gasteiger partial charge in [-0.15, -0.1) is 24.8 Å². The fourth-order valence-electron chi connectivity index (χ4n) is 2.15. The summed E-state index contributed by atoms with van der Waals surface area (Å²) in [5, 5.41) is 14.1. The Morgan fingerprint density at radius 2 is 1.95 bits per heavy atom. The van der Waals surface area contributed by atoms with Crippen molar-refractivity contribution in [2.45, 2.75) is 13.5 Å². The Morgan fingerprint density at radius 1 is 1.32 bits per heavy atom. The number of piperazine rings is 1. The lowest BCUT2D eigenvalue weighted by Crippen LogP contribution is -2.43. The molecule has 1 aromatic rings. The van der Waals surface area contributed by atoms with Crippen LogP contribution >= 0.6 is 24.8 Å². The van der Waals surface area contributed by atoms with Crippen molar-refractivity contribution >= 4 is 30.5 Å². The minimum Gasteiger partial charge on any atom is -0.314 e. The molecule has 1 fully saturated rings. The second-order valence-corrected chi connectivity index (χ2v) is 4.34. The largest absolute Gasteiger partial charge is 0.314 e. The molecular formula is C12H19Cl2N3O2. The summed E-state index contributed by atoms with van der Waals surface area (Å²) in [6.07, 6.45) is 0. The van der Waals surface area contributed by atoms with E-state index in [1.165, 1.54) is 0 Å². The minimum absolute atomic E-state index is 0. The third-order valence-electron chi connectivity index (χ3n) is 3.22. The van der Waals surface area contributed by atoms with Crippen molar-refractivity contribution in [1.29, 1.82) is 0 Å². The van der Waals surface area contributed by atoms with Crippen LogP contribution in [0.2, 0.25) is 0 Å². The van der Waals surface area contributed by atoms with Crippen molar-refractivity contribution in [1.82, 2.24) is 10.2 Å². The van der Waals surface area contributed by atoms with E-state index in [1.54, 1.807) is 12.1 Å². The lowest BCUT2D eigenvalue weighted by molar-refractivity contribution is -0.385. The van der Waals surface area contributed by atoms with Gasteiger partial charge in [0.1, 0.15) is 0 Å². The fourth-order valence-corrected chi connectivity index (χ4v) is 2.15. The Bertz CT molecular complexity index is 423. The summed E-state index contributed by atoms with van der Waals surface area (Å²) in [7, 11) is 0. The molecule has 1 aliphatic rings. The first-order chi connectivity index (χ1) is 8.18. The maximum absolute atomic E-state index is 10.8. The van der Waals surface area contributed by atoms with Gasteiger partial charge in [0.25, 0.3) is 5.69 Å². The van der Waals surface area contributed by atoms with Crippen LogP contribution in [0.25, 0.3) is 0 Å². The van der Waals surface area contributed by atoms with Crippen molar-refractivity contribution in [2.75, 3.05) is 26.2 Å². The van der Waals surface area contributed by atoms with Crippen molar-refractivity contribution in [3.63, 3.8) is 0 Å². The summed E-state index contributed by atoms with van der Waals surface area (Å²) >= 11 is 0. The Labute approximate surface area is 125 Å². The monoisotopic (exact) mass is 307 g/mol. The third-order valence-corrected chi connectivity index (χ3v) is 3.22. The molecule has 1 aliphatic heterocycles. The van der Waals surface area contributed by atoms with E-state index in [0.717, 1.165) is 43.9 Å². The van der Waals surface area contributed by atoms with Gasteiger partial charge in [-0.25, -0.2) is 0 Å². The molecule has 0 radical (unpaired) electrons. The Balaban J connectivity index is 0.00000162. The van der Waals surface area contributed by atoms with Crippen molar-refractivity contribution in [3.05, 3.63) is 39.4 Å². The molecule has 0 spiro atoms. The molecular weight excluding hydrogens is 289 g/mol. The van der Waals surface area contributed by atoms with Gasteiger partial charge in [-0.1, -0.05) is 12.1 Å². The van der Waals surface area contributed by atoms with Crippen LogP contribution in [0.1, 0.15) is 11.1 Å². The van der Waals surface area contributed by atoms with E-state index in [-0.39, 0.29) is 35.4 Å². The number of hydrogen-bond acceptors (Lipinski definition) is 4. The molecule has 0 aromatic heterocycles. The normalized spacial score (nSPS) is 15.2. The number of nitrogens with zero attached hydrogens (tertiary/aromatic N) is 2. The highest BCUT2D eigenvalue weighted by Crippen LogP contribution is 2.22. The van der Waals surface area contributed by atoms with Gasteiger partial charge in [-0.3, -0.25) is 15.0 Å². The summed E-state index contributed by atoms with van der Waals surface area (Å²) in [6, 6.07) is 5.31. The van der Waals surface area contributed by atoms with E-state index in [1.807, 2.05) is 13.0 Å². The molecule has 0 saturated carbocycles. The maximum atomic E-state index is 10.8. The van der Waals surface area contributed by atoms with Crippen LogP contribution in [-0.4, -0.2) is 36.0 Å². The summed E-state index contributed by atoms with van der Waals surface area (Å²) in [4.78, 5) is 12.9. The number of rotatable bonds is 3. The Morgan fingerprint density at radius 3 is 2.53 bits per heavy atom. The van der Waals surface area contributed by atoms with Gasteiger partial charge >= 0.3 is 0 Å². The Hall–Kier alpha value is -0.880. The molecule has 5 nitrogen and oxygen atoms in total. The predicted molar refractivity (Wildman–Crippen MR) is 80.5 cm³/mol. The number of nitro benzene ring substituents is 1. The molecule has 1 heterocycles. The van der Waals surface area contributed by atoms with Crippen molar-refractivity contribution in [3.8, 4) is 0 Å². The zero-order valence-corrected chi connectivity index (χ0v) is 12.4. The van der Waals surface area contributed by atoms with Crippen LogP contribution < -0.4 is 5.32 Å². The zero-order chi connectivity index (χ0) is 12.3. The molecule has 0 atom stereocenters. The highest BCUT2D eigenvalue weighted by molar-refractivity contribution is 5.85. The van der Waals surface area contributed by atoms with Gasteiger partial charge < -0.3 is 5.32 Å². The average molecular weight is 308 g/mol. The fraction of sp³-hybridized carbons (Fsp3) is 0.500. The van der Waals surface area contributed by atoms with E-state index in [9.17, 15) is 10.1 Å². The number of benzene rings is 1. The molecule has 0 amide bonds. The highest BCUT2D eigenvalue weighted by Gasteiger charge is 2.16. The lowest BCUT2D eigenvalue weighted by Gasteiger charge is -2.27. The van der Waals surface area contributed by atoms with Gasteiger partial charge in [0.05, 0.1) is 4.92 Å². The third kappa shape index (κ3) is 4.62. The first-order valence-electron chi connectivity index (χ1n) is 5.84. The van der Waals surface area contributed by atoms with Gasteiger partial charge in [-0.05, 0) is 12.5 Å². The number of nitro groups is 1. The van der Waals surface area contributed by atoms with E-state index >= 15 is 0 Å². The van der Waals surface area contributed by atoms with Gasteiger partial charge in [-0.2, -0.15) is 0 Å². The van der Waals surface area contributed by atoms with Crippen LogP contribution in [0, 0.1) is 17.0 Å². The number of nitrogens with one attached hydrogen (secondary N) is 1. The van der Waals surface area contributed by atoms with E-state index in [2.05, 4.69) is 10.2 Å². The smallest absolute Gasteiger partial charge is 0.272 e. The highest BCUT2D eigenvalue weighted by atomic mass is 35.5. The lowest BCUT2D eigenvalue weighted by atomic mass is 10.1. The van der Waals surface area contributed by atoms with Gasteiger partial charge in [0.2, 0.25) is 0 Å². The average Bonchev–Trinajstić information content (AvgIpc) is 2.33. The topological polar surface area (TPSA) is 58.4 Å². The first-order valence-corrected chi connectivity index (χ1v) is 5.84. The van der Waals surface area contributed by atoms with Crippen LogP contribution in [-0.2, 0) is 6.54 Å². The van der Waals surface area contributed by atoms with E-state index in [4.69, 9.17) is 0 Å². The molecule has 19 heavy (non-hydrogen) atoms. The molecule has 0 unspecified atom stereocenters. The van der Waals surface area contributed by atoms with Gasteiger partial charge in [0.15, 0.2) is 0 Å². The molecule has 0 aliphatic carbocycles. The minimum atomic E-state index is -0.309. The molecule has 2 rings (SSSR count). The molecule has 1 N–H and O–H groups in total. The van der Waals surface area contributed by atoms with Gasteiger partial charge in [0, 0.05) is 44.4 Å². The molecule has 1 aromatic carbocycles. The van der Waals surface area contributed by atoms with Crippen LogP contribution in [0.4, 0.5) is 5.69 Å². The van der Waals surface area contributed by atoms with Crippen molar-refractivity contribution in [2.24, 2.45) is 0 Å². The quantitative estimate of drug-likeness (QED) is 0.686. The molecule has 7 heteroatoms. The zero-order valence-electron chi connectivity index (χ0n) is 10.8. The number of hydrogen-bond donors (Lipinski definition) is 1. The van der Waals surface area contributed by atoms with Crippen LogP contribution in [0.15, 0.2) is 18.2 Å². The van der Waals surface area contributed by atoms with Crippen LogP contribution in [0.3, 0.4) is 0 Å². The second kappa shape index (κ2) is 8.32. The first kappa shape index (κ1) is 18.1. The summed E-state index contributed by atoms with van der Waals surface area (Å²) in [5.41, 5.74) is 2.06. The Kier molecular flexibility index (Phi) is 7.94. The number of halogens is 2. The molecule has 108 valence electrons. The molecule has 1 saturated heterocycles. The summed E-state index contributed by atoms with van der Waals surface area (Å²) < 4.78 is 0. The second-order valence-electron chi connectivity index (χ2n) is 4.34. The maximum Gasteiger partial charge on any atom is 0.272 e.